The van der Waals surface area contributed by atoms with E-state index in [-0.39, 0.29) is 5.91 Å². The Labute approximate surface area is 120 Å². The van der Waals surface area contributed by atoms with E-state index in [0.717, 1.165) is 10.2 Å². The van der Waals surface area contributed by atoms with Crippen LogP contribution in [0.2, 0.25) is 0 Å². The molecular weight excluding hydrogens is 310 g/mol. The van der Waals surface area contributed by atoms with Gasteiger partial charge in [0.15, 0.2) is 5.89 Å². The Morgan fingerprint density at radius 1 is 1.53 bits per heavy atom. The number of aryl methyl sites for hydroxylation is 3. The van der Waals surface area contributed by atoms with Crippen molar-refractivity contribution in [2.45, 2.75) is 20.4 Å². The molecule has 102 valence electrons. The lowest BCUT2D eigenvalue weighted by atomic mass is 10.3. The molecule has 0 aliphatic carbocycles. The summed E-state index contributed by atoms with van der Waals surface area (Å²) >= 11 is 3.42. The standard InChI is InChI=1S/C13H16BrN3O2/c1-8-12(19-9(2)15-8)13(18)17(4)7-11-5-10(14)6-16(11)3/h5-6H,7H2,1-4H3. The number of nitrogens with zero attached hydrogens (tertiary/aromatic N) is 3. The molecule has 5 nitrogen and oxygen atoms in total. The van der Waals surface area contributed by atoms with Crippen molar-refractivity contribution >= 4 is 21.8 Å². The molecule has 2 aromatic rings. The van der Waals surface area contributed by atoms with Crippen molar-refractivity contribution in [3.63, 3.8) is 0 Å². The van der Waals surface area contributed by atoms with Crippen LogP contribution in [0.4, 0.5) is 0 Å². The first-order chi connectivity index (χ1) is 8.88. The lowest BCUT2D eigenvalue weighted by Gasteiger charge is -2.16. The fraction of sp³-hybridized carbons (Fsp3) is 0.385. The molecule has 0 aliphatic heterocycles. The molecule has 0 fully saturated rings. The van der Waals surface area contributed by atoms with Gasteiger partial charge in [-0.3, -0.25) is 4.79 Å². The smallest absolute Gasteiger partial charge is 0.291 e. The van der Waals surface area contributed by atoms with Crippen LogP contribution in [0.15, 0.2) is 21.2 Å². The van der Waals surface area contributed by atoms with E-state index in [9.17, 15) is 4.79 Å². The molecule has 0 unspecified atom stereocenters. The number of carbonyl (C=O) groups excluding carboxylic acids is 1. The van der Waals surface area contributed by atoms with Crippen LogP contribution in [-0.4, -0.2) is 27.4 Å². The third-order valence-corrected chi connectivity index (χ3v) is 3.35. The number of amides is 1. The molecule has 2 rings (SSSR count). The summed E-state index contributed by atoms with van der Waals surface area (Å²) in [5.74, 6) is 0.666. The van der Waals surface area contributed by atoms with Gasteiger partial charge in [-0.1, -0.05) is 0 Å². The van der Waals surface area contributed by atoms with Gasteiger partial charge in [-0.15, -0.1) is 0 Å². The van der Waals surface area contributed by atoms with Crippen molar-refractivity contribution in [1.82, 2.24) is 14.5 Å². The highest BCUT2D eigenvalue weighted by Gasteiger charge is 2.20. The zero-order chi connectivity index (χ0) is 14.2. The van der Waals surface area contributed by atoms with E-state index in [1.54, 1.807) is 25.8 Å². The van der Waals surface area contributed by atoms with Gasteiger partial charge in [0.25, 0.3) is 5.91 Å². The van der Waals surface area contributed by atoms with E-state index < -0.39 is 0 Å². The van der Waals surface area contributed by atoms with Crippen LogP contribution in [0.1, 0.15) is 27.8 Å². The highest BCUT2D eigenvalue weighted by molar-refractivity contribution is 9.10. The van der Waals surface area contributed by atoms with Gasteiger partial charge in [-0.2, -0.15) is 0 Å². The fourth-order valence-electron chi connectivity index (χ4n) is 1.94. The van der Waals surface area contributed by atoms with Gasteiger partial charge in [-0.05, 0) is 28.9 Å². The molecule has 2 aromatic heterocycles. The Morgan fingerprint density at radius 3 is 2.68 bits per heavy atom. The minimum atomic E-state index is -0.157. The second kappa shape index (κ2) is 5.21. The summed E-state index contributed by atoms with van der Waals surface area (Å²) in [4.78, 5) is 18.0. The number of aromatic nitrogens is 2. The maximum Gasteiger partial charge on any atom is 0.291 e. The zero-order valence-corrected chi connectivity index (χ0v) is 13.0. The van der Waals surface area contributed by atoms with Crippen molar-refractivity contribution in [3.8, 4) is 0 Å². The molecule has 19 heavy (non-hydrogen) atoms. The SMILES string of the molecule is Cc1nc(C)c(C(=O)N(C)Cc2cc(Br)cn2C)o1. The largest absolute Gasteiger partial charge is 0.436 e. The minimum Gasteiger partial charge on any atom is -0.436 e. The van der Waals surface area contributed by atoms with E-state index in [0.29, 0.717) is 23.9 Å². The molecule has 2 heterocycles. The summed E-state index contributed by atoms with van der Waals surface area (Å²) in [6.07, 6.45) is 1.96. The van der Waals surface area contributed by atoms with Crippen LogP contribution in [0, 0.1) is 13.8 Å². The van der Waals surface area contributed by atoms with Gasteiger partial charge >= 0.3 is 0 Å². The van der Waals surface area contributed by atoms with E-state index in [2.05, 4.69) is 20.9 Å². The molecule has 0 N–H and O–H groups in total. The normalized spacial score (nSPS) is 10.8. The summed E-state index contributed by atoms with van der Waals surface area (Å²) < 4.78 is 8.33. The number of carbonyl (C=O) groups is 1. The van der Waals surface area contributed by atoms with Crippen molar-refractivity contribution in [3.05, 3.63) is 39.8 Å². The Balaban J connectivity index is 2.16. The monoisotopic (exact) mass is 325 g/mol. The van der Waals surface area contributed by atoms with Gasteiger partial charge in [0.1, 0.15) is 0 Å². The summed E-state index contributed by atoms with van der Waals surface area (Å²) in [5, 5.41) is 0. The topological polar surface area (TPSA) is 51.3 Å². The summed E-state index contributed by atoms with van der Waals surface area (Å²) in [6.45, 7) is 4.02. The predicted molar refractivity (Wildman–Crippen MR) is 74.9 cm³/mol. The average Bonchev–Trinajstić information content (AvgIpc) is 2.80. The lowest BCUT2D eigenvalue weighted by Crippen LogP contribution is -2.27. The van der Waals surface area contributed by atoms with Gasteiger partial charge in [0, 0.05) is 37.4 Å². The van der Waals surface area contributed by atoms with Crippen molar-refractivity contribution in [1.29, 1.82) is 0 Å². The van der Waals surface area contributed by atoms with E-state index in [1.807, 2.05) is 23.9 Å². The number of hydrogen-bond acceptors (Lipinski definition) is 3. The highest BCUT2D eigenvalue weighted by Crippen LogP contribution is 2.17. The van der Waals surface area contributed by atoms with Crippen LogP contribution < -0.4 is 0 Å². The maximum absolute atomic E-state index is 12.3. The van der Waals surface area contributed by atoms with E-state index >= 15 is 0 Å². The van der Waals surface area contributed by atoms with Crippen molar-refractivity contribution < 1.29 is 9.21 Å². The Kier molecular flexibility index (Phi) is 3.80. The van der Waals surface area contributed by atoms with Gasteiger partial charge in [0.2, 0.25) is 5.76 Å². The Morgan fingerprint density at radius 2 is 2.21 bits per heavy atom. The molecule has 1 amide bonds. The van der Waals surface area contributed by atoms with Crippen molar-refractivity contribution in [2.75, 3.05) is 7.05 Å². The van der Waals surface area contributed by atoms with Gasteiger partial charge in [0.05, 0.1) is 12.2 Å². The fourth-order valence-corrected chi connectivity index (χ4v) is 2.51. The van der Waals surface area contributed by atoms with E-state index in [4.69, 9.17) is 4.42 Å². The molecule has 0 saturated carbocycles. The first-order valence-corrected chi connectivity index (χ1v) is 6.68. The molecule has 0 radical (unpaired) electrons. The molecule has 0 saturated heterocycles. The third-order valence-electron chi connectivity index (χ3n) is 2.92. The molecule has 0 spiro atoms. The van der Waals surface area contributed by atoms with Crippen LogP contribution in [0.5, 0.6) is 0 Å². The van der Waals surface area contributed by atoms with Crippen LogP contribution in [0.25, 0.3) is 0 Å². The maximum atomic E-state index is 12.3. The predicted octanol–water partition coefficient (Wildman–Crippen LogP) is 2.66. The Hall–Kier alpha value is -1.56. The number of halogens is 1. The number of oxazole rings is 1. The Bertz CT molecular complexity index is 615. The molecule has 0 atom stereocenters. The summed E-state index contributed by atoms with van der Waals surface area (Å²) in [6, 6.07) is 1.99. The van der Waals surface area contributed by atoms with Crippen LogP contribution >= 0.6 is 15.9 Å². The zero-order valence-electron chi connectivity index (χ0n) is 11.4. The van der Waals surface area contributed by atoms with E-state index in [1.165, 1.54) is 0 Å². The second-order valence-electron chi connectivity index (χ2n) is 4.57. The first kappa shape index (κ1) is 13.9. The van der Waals surface area contributed by atoms with Gasteiger partial charge in [-0.25, -0.2) is 4.98 Å². The quantitative estimate of drug-likeness (QED) is 0.871. The van der Waals surface area contributed by atoms with Crippen LogP contribution in [0.3, 0.4) is 0 Å². The van der Waals surface area contributed by atoms with Crippen LogP contribution in [-0.2, 0) is 13.6 Å². The average molecular weight is 326 g/mol. The minimum absolute atomic E-state index is 0.157. The second-order valence-corrected chi connectivity index (χ2v) is 5.48. The third kappa shape index (κ3) is 2.89. The van der Waals surface area contributed by atoms with Crippen molar-refractivity contribution in [2.24, 2.45) is 7.05 Å². The molecule has 0 bridgehead atoms. The summed E-state index contributed by atoms with van der Waals surface area (Å²) in [5.41, 5.74) is 1.67. The highest BCUT2D eigenvalue weighted by atomic mass is 79.9. The number of hydrogen-bond donors (Lipinski definition) is 0. The molecule has 0 aliphatic rings. The molecule has 6 heteroatoms. The molecule has 0 aromatic carbocycles. The van der Waals surface area contributed by atoms with Gasteiger partial charge < -0.3 is 13.9 Å². The first-order valence-electron chi connectivity index (χ1n) is 5.88. The number of rotatable bonds is 3. The molecular formula is C13H16BrN3O2. The lowest BCUT2D eigenvalue weighted by molar-refractivity contribution is 0.0748. The summed E-state index contributed by atoms with van der Waals surface area (Å²) in [7, 11) is 3.70.